The fourth-order valence-electron chi connectivity index (χ4n) is 3.46. The lowest BCUT2D eigenvalue weighted by Crippen LogP contribution is -2.33. The molecule has 6 heteroatoms. The molecule has 6 nitrogen and oxygen atoms in total. The smallest absolute Gasteiger partial charge is 0.343 e. The molecule has 0 atom stereocenters. The minimum atomic E-state index is -0.557. The summed E-state index contributed by atoms with van der Waals surface area (Å²) in [5.41, 5.74) is 1.82. The molecule has 1 aliphatic rings. The molecule has 0 aliphatic carbocycles. The van der Waals surface area contributed by atoms with Gasteiger partial charge in [0.25, 0.3) is 11.8 Å². The minimum Gasteiger partial charge on any atom is -0.423 e. The lowest BCUT2D eigenvalue weighted by atomic mass is 10.1. The molecule has 0 saturated heterocycles. The van der Waals surface area contributed by atoms with E-state index in [1.807, 2.05) is 13.0 Å². The number of imide groups is 1. The summed E-state index contributed by atoms with van der Waals surface area (Å²) in [6, 6.07) is 11.7. The third-order valence-electron chi connectivity index (χ3n) is 5.16. The lowest BCUT2D eigenvalue weighted by Gasteiger charge is -2.20. The van der Waals surface area contributed by atoms with Crippen LogP contribution in [0.5, 0.6) is 5.75 Å². The van der Waals surface area contributed by atoms with Crippen LogP contribution in [0.15, 0.2) is 42.5 Å². The summed E-state index contributed by atoms with van der Waals surface area (Å²) in [6.45, 7) is 9.15. The maximum absolute atomic E-state index is 12.7. The molecule has 0 spiro atoms. The number of rotatable bonds is 8. The number of aryl methyl sites for hydroxylation is 1. The molecule has 0 fully saturated rings. The average molecular weight is 394 g/mol. The van der Waals surface area contributed by atoms with Gasteiger partial charge in [-0.2, -0.15) is 0 Å². The molecule has 2 aromatic rings. The van der Waals surface area contributed by atoms with E-state index < -0.39 is 5.97 Å². The Bertz CT molecular complexity index is 934. The number of hydrogen-bond donors (Lipinski definition) is 0. The Morgan fingerprint density at radius 2 is 1.72 bits per heavy atom. The van der Waals surface area contributed by atoms with E-state index in [1.54, 1.807) is 18.2 Å². The first kappa shape index (κ1) is 20.7. The fraction of sp³-hybridized carbons (Fsp3) is 0.348. The van der Waals surface area contributed by atoms with Gasteiger partial charge in [-0.3, -0.25) is 14.5 Å². The first-order chi connectivity index (χ1) is 13.9. The predicted octanol–water partition coefficient (Wildman–Crippen LogP) is 3.54. The van der Waals surface area contributed by atoms with Gasteiger partial charge in [-0.25, -0.2) is 4.79 Å². The first-order valence-electron chi connectivity index (χ1n) is 9.96. The summed E-state index contributed by atoms with van der Waals surface area (Å²) in [7, 11) is 0. The Kier molecular flexibility index (Phi) is 6.44. The predicted molar refractivity (Wildman–Crippen MR) is 110 cm³/mol. The Labute approximate surface area is 171 Å². The largest absolute Gasteiger partial charge is 0.423 e. The highest BCUT2D eigenvalue weighted by molar-refractivity contribution is 6.22. The molecule has 29 heavy (non-hydrogen) atoms. The molecule has 0 N–H and O–H groups in total. The molecule has 1 aliphatic heterocycles. The van der Waals surface area contributed by atoms with E-state index in [9.17, 15) is 14.4 Å². The monoisotopic (exact) mass is 394 g/mol. The standard InChI is InChI=1S/C23H26N2O4/c1-4-24(5-2)12-7-13-25-21(26)19-11-10-17(15-20(19)22(25)27)23(28)29-18-9-6-8-16(3)14-18/h6,8-11,14-15H,4-5,7,12-13H2,1-3H3. The number of carbonyl (C=O) groups is 3. The van der Waals surface area contributed by atoms with Crippen molar-refractivity contribution >= 4 is 17.8 Å². The topological polar surface area (TPSA) is 66.9 Å². The number of esters is 1. The van der Waals surface area contributed by atoms with Crippen molar-refractivity contribution in [3.8, 4) is 5.75 Å². The summed E-state index contributed by atoms with van der Waals surface area (Å²) in [5.74, 6) is -0.771. The zero-order chi connectivity index (χ0) is 21.0. The molecule has 3 rings (SSSR count). The number of amides is 2. The Morgan fingerprint density at radius 1 is 1.00 bits per heavy atom. The van der Waals surface area contributed by atoms with Crippen molar-refractivity contribution < 1.29 is 19.1 Å². The molecule has 0 aromatic heterocycles. The highest BCUT2D eigenvalue weighted by atomic mass is 16.5. The van der Waals surface area contributed by atoms with Crippen molar-refractivity contribution in [2.24, 2.45) is 0 Å². The summed E-state index contributed by atoms with van der Waals surface area (Å²) in [4.78, 5) is 41.3. The number of carbonyl (C=O) groups excluding carboxylic acids is 3. The Hall–Kier alpha value is -2.99. The van der Waals surface area contributed by atoms with Crippen LogP contribution in [0, 0.1) is 6.92 Å². The van der Waals surface area contributed by atoms with Gasteiger partial charge in [-0.05, 0) is 68.9 Å². The highest BCUT2D eigenvalue weighted by Gasteiger charge is 2.35. The van der Waals surface area contributed by atoms with E-state index in [2.05, 4.69) is 18.7 Å². The van der Waals surface area contributed by atoms with Crippen LogP contribution in [-0.4, -0.2) is 53.8 Å². The van der Waals surface area contributed by atoms with Gasteiger partial charge < -0.3 is 9.64 Å². The summed E-state index contributed by atoms with van der Waals surface area (Å²) >= 11 is 0. The van der Waals surface area contributed by atoms with Crippen LogP contribution in [0.4, 0.5) is 0 Å². The molecule has 2 amide bonds. The fourth-order valence-corrected chi connectivity index (χ4v) is 3.46. The number of fused-ring (bicyclic) bond motifs is 1. The zero-order valence-electron chi connectivity index (χ0n) is 17.1. The van der Waals surface area contributed by atoms with Crippen LogP contribution in [0.25, 0.3) is 0 Å². The van der Waals surface area contributed by atoms with E-state index in [-0.39, 0.29) is 22.9 Å². The van der Waals surface area contributed by atoms with E-state index >= 15 is 0 Å². The summed E-state index contributed by atoms with van der Waals surface area (Å²) in [5, 5.41) is 0. The molecule has 1 heterocycles. The molecule has 0 unspecified atom stereocenters. The number of ether oxygens (including phenoxy) is 1. The average Bonchev–Trinajstić information content (AvgIpc) is 2.95. The van der Waals surface area contributed by atoms with Crippen molar-refractivity contribution in [3.05, 3.63) is 64.7 Å². The van der Waals surface area contributed by atoms with Crippen molar-refractivity contribution in [2.45, 2.75) is 27.2 Å². The molecule has 0 saturated carbocycles. The third-order valence-corrected chi connectivity index (χ3v) is 5.16. The SMILES string of the molecule is CCN(CC)CCCN1C(=O)c2ccc(C(=O)Oc3cccc(C)c3)cc2C1=O. The number of hydrogen-bond acceptors (Lipinski definition) is 5. The highest BCUT2D eigenvalue weighted by Crippen LogP contribution is 2.25. The van der Waals surface area contributed by atoms with E-state index in [4.69, 9.17) is 4.74 Å². The second kappa shape index (κ2) is 9.01. The molecule has 152 valence electrons. The summed E-state index contributed by atoms with van der Waals surface area (Å²) in [6.07, 6.45) is 0.718. The molecule has 0 bridgehead atoms. The van der Waals surface area contributed by atoms with Crippen molar-refractivity contribution in [2.75, 3.05) is 26.2 Å². The molecular formula is C23H26N2O4. The van der Waals surface area contributed by atoms with E-state index in [0.717, 1.165) is 31.6 Å². The van der Waals surface area contributed by atoms with Crippen LogP contribution in [0.1, 0.15) is 56.9 Å². The number of benzene rings is 2. The van der Waals surface area contributed by atoms with Gasteiger partial charge in [0, 0.05) is 6.54 Å². The van der Waals surface area contributed by atoms with Gasteiger partial charge in [-0.15, -0.1) is 0 Å². The van der Waals surface area contributed by atoms with Crippen molar-refractivity contribution in [3.63, 3.8) is 0 Å². The van der Waals surface area contributed by atoms with Crippen molar-refractivity contribution in [1.82, 2.24) is 9.80 Å². The van der Waals surface area contributed by atoms with Gasteiger partial charge in [0.1, 0.15) is 5.75 Å². The molecular weight excluding hydrogens is 368 g/mol. The van der Waals surface area contributed by atoms with Crippen molar-refractivity contribution in [1.29, 1.82) is 0 Å². The maximum atomic E-state index is 12.7. The normalized spacial score (nSPS) is 13.2. The second-order valence-corrected chi connectivity index (χ2v) is 7.11. The van der Waals surface area contributed by atoms with Crippen LogP contribution >= 0.6 is 0 Å². The van der Waals surface area contributed by atoms with Crippen LogP contribution in [0.2, 0.25) is 0 Å². The molecule has 2 aromatic carbocycles. The van der Waals surface area contributed by atoms with Gasteiger partial charge in [0.15, 0.2) is 0 Å². The Morgan fingerprint density at radius 3 is 2.41 bits per heavy atom. The minimum absolute atomic E-state index is 0.247. The lowest BCUT2D eigenvalue weighted by molar-refractivity contribution is 0.0647. The quantitative estimate of drug-likeness (QED) is 0.389. The van der Waals surface area contributed by atoms with E-state index in [0.29, 0.717) is 17.9 Å². The third kappa shape index (κ3) is 4.54. The van der Waals surface area contributed by atoms with Crippen LogP contribution in [-0.2, 0) is 0 Å². The van der Waals surface area contributed by atoms with Gasteiger partial charge in [-0.1, -0.05) is 26.0 Å². The van der Waals surface area contributed by atoms with Gasteiger partial charge >= 0.3 is 5.97 Å². The van der Waals surface area contributed by atoms with Gasteiger partial charge in [0.2, 0.25) is 0 Å². The van der Waals surface area contributed by atoms with Gasteiger partial charge in [0.05, 0.1) is 16.7 Å². The van der Waals surface area contributed by atoms with Crippen LogP contribution in [0.3, 0.4) is 0 Å². The van der Waals surface area contributed by atoms with Crippen LogP contribution < -0.4 is 4.74 Å². The number of nitrogens with zero attached hydrogens (tertiary/aromatic N) is 2. The Balaban J connectivity index is 1.70. The first-order valence-corrected chi connectivity index (χ1v) is 9.96. The molecule has 0 radical (unpaired) electrons. The van der Waals surface area contributed by atoms with E-state index in [1.165, 1.54) is 23.1 Å². The second-order valence-electron chi connectivity index (χ2n) is 7.11. The summed E-state index contributed by atoms with van der Waals surface area (Å²) < 4.78 is 5.39. The zero-order valence-corrected chi connectivity index (χ0v) is 17.1. The maximum Gasteiger partial charge on any atom is 0.343 e.